The number of aromatic nitrogens is 5. The number of benzene rings is 2. The van der Waals surface area contributed by atoms with E-state index in [2.05, 4.69) is 39.8 Å². The molecule has 2 aliphatic heterocycles. The van der Waals surface area contributed by atoms with Gasteiger partial charge in [-0.1, -0.05) is 52.0 Å². The van der Waals surface area contributed by atoms with Crippen LogP contribution in [0.5, 0.6) is 0 Å². The van der Waals surface area contributed by atoms with E-state index in [0.29, 0.717) is 35.8 Å². The van der Waals surface area contributed by atoms with Crippen LogP contribution >= 0.6 is 9.24 Å². The molecule has 15 nitrogen and oxygen atoms in total. The number of H-pyrrole nitrogens is 2. The smallest absolute Gasteiger partial charge is 0.407 e. The van der Waals surface area contributed by atoms with E-state index in [4.69, 9.17) is 14.1 Å². The summed E-state index contributed by atoms with van der Waals surface area (Å²) < 4.78 is 10.7. The van der Waals surface area contributed by atoms with Crippen molar-refractivity contribution in [3.63, 3.8) is 0 Å². The van der Waals surface area contributed by atoms with Gasteiger partial charge in [-0.05, 0) is 70.0 Å². The van der Waals surface area contributed by atoms with E-state index < -0.39 is 18.2 Å². The van der Waals surface area contributed by atoms with Crippen molar-refractivity contribution in [2.75, 3.05) is 20.2 Å². The van der Waals surface area contributed by atoms with Gasteiger partial charge in [0.2, 0.25) is 17.5 Å². The summed E-state index contributed by atoms with van der Waals surface area (Å²) in [5.41, 5.74) is 6.16. The molecule has 0 aliphatic carbocycles. The first-order chi connectivity index (χ1) is 26.9. The van der Waals surface area contributed by atoms with Gasteiger partial charge in [0.15, 0.2) is 12.0 Å². The fourth-order valence-electron chi connectivity index (χ4n) is 7.87. The molecule has 2 aromatic carbocycles. The Morgan fingerprint density at radius 1 is 0.768 bits per heavy atom. The van der Waals surface area contributed by atoms with Gasteiger partial charge >= 0.3 is 6.09 Å². The number of hydrogen-bond donors (Lipinski definition) is 4. The highest BCUT2D eigenvalue weighted by atomic mass is 31.0. The molecule has 4 amide bonds. The first-order valence-corrected chi connectivity index (χ1v) is 19.6. The zero-order chi connectivity index (χ0) is 39.7. The summed E-state index contributed by atoms with van der Waals surface area (Å²) in [5.74, 6) is 0.937. The number of aromatic amines is 2. The quantitative estimate of drug-likeness (QED) is 0.107. The van der Waals surface area contributed by atoms with Gasteiger partial charge in [-0.2, -0.15) is 0 Å². The fourth-order valence-corrected chi connectivity index (χ4v) is 8.05. The van der Waals surface area contributed by atoms with E-state index >= 15 is 0 Å². The van der Waals surface area contributed by atoms with Crippen molar-refractivity contribution in [1.29, 1.82) is 0 Å². The Morgan fingerprint density at radius 3 is 1.88 bits per heavy atom. The zero-order valence-electron chi connectivity index (χ0n) is 32.2. The van der Waals surface area contributed by atoms with Crippen LogP contribution in [0.2, 0.25) is 0 Å². The van der Waals surface area contributed by atoms with Crippen LogP contribution in [-0.2, 0) is 14.3 Å². The third-order valence-electron chi connectivity index (χ3n) is 10.8. The predicted octanol–water partition coefficient (Wildman–Crippen LogP) is 6.59. The molecule has 0 bridgehead atoms. The molecule has 2 fully saturated rings. The van der Waals surface area contributed by atoms with Crippen molar-refractivity contribution in [2.45, 2.75) is 77.5 Å². The van der Waals surface area contributed by atoms with E-state index in [1.807, 2.05) is 69.0 Å². The number of imidazole rings is 2. The largest absolute Gasteiger partial charge is 0.453 e. The van der Waals surface area contributed by atoms with Gasteiger partial charge in [-0.3, -0.25) is 14.4 Å². The van der Waals surface area contributed by atoms with Crippen LogP contribution in [0.25, 0.3) is 44.7 Å². The Hall–Kier alpha value is -5.56. The maximum atomic E-state index is 13.6. The minimum Gasteiger partial charge on any atom is -0.453 e. The van der Waals surface area contributed by atoms with E-state index in [9.17, 15) is 19.2 Å². The SMILES string of the molecule is COC(=O)N[C@H](C(=O)N1CCC[C@H]1c1ncc(-c2ccc(-c3ccc(-c4cnc([C@@H]5CCCN5C(=O)[C@@H](NC(=O)P)C(C)C)[nH]4)c4ncoc34)cc2)[nH]1)C(C)C. The number of nitrogens with one attached hydrogen (secondary N) is 4. The molecule has 2 saturated heterocycles. The van der Waals surface area contributed by atoms with Crippen LogP contribution in [0.15, 0.2) is 59.6 Å². The van der Waals surface area contributed by atoms with Gasteiger partial charge in [0.05, 0.1) is 43.0 Å². The van der Waals surface area contributed by atoms with E-state index in [0.717, 1.165) is 59.3 Å². The van der Waals surface area contributed by atoms with Crippen molar-refractivity contribution in [3.05, 3.63) is 66.8 Å². The summed E-state index contributed by atoms with van der Waals surface area (Å²) in [4.78, 5) is 75.4. The Bertz CT molecular complexity index is 2230. The number of likely N-dealkylation sites (tertiary alicyclic amines) is 2. The van der Waals surface area contributed by atoms with Crippen LogP contribution in [0.1, 0.15) is 77.1 Å². The number of amides is 4. The number of oxazole rings is 1. The molecule has 3 aromatic heterocycles. The minimum atomic E-state index is -0.702. The standard InChI is InChI=1S/C40H48N9O6P/c1-21(2)31(46-39(52)54-5)37(50)48-16-6-8-29(48)35-41-18-27(44-35)24-12-10-23(11-13-24)25-14-15-26(33-34(25)55-20-43-33)28-19-42-36(45-28)30-9-7-17-49(30)38(51)32(22(3)4)47-40(53)56/h10-15,18-22,29-32H,6-9,16-17,56H2,1-5H3,(H,41,44)(H,42,45)(H,46,52)(H,47,53)/t29-,30-,31-,32-/m0/s1. The second kappa shape index (κ2) is 16.3. The summed E-state index contributed by atoms with van der Waals surface area (Å²) in [5, 5.41) is 5.48. The molecule has 5 heterocycles. The van der Waals surface area contributed by atoms with Gasteiger partial charge in [0.1, 0.15) is 29.2 Å². The molecule has 0 radical (unpaired) electrons. The fraction of sp³-hybridized carbons (Fsp3) is 0.425. The second-order valence-corrected chi connectivity index (χ2v) is 15.6. The molecule has 0 spiro atoms. The summed E-state index contributed by atoms with van der Waals surface area (Å²) in [7, 11) is 3.37. The molecule has 294 valence electrons. The van der Waals surface area contributed by atoms with Crippen molar-refractivity contribution in [3.8, 4) is 33.6 Å². The summed E-state index contributed by atoms with van der Waals surface area (Å²) >= 11 is 0. The van der Waals surface area contributed by atoms with Crippen molar-refractivity contribution < 1.29 is 28.3 Å². The number of carbonyl (C=O) groups excluding carboxylic acids is 4. The van der Waals surface area contributed by atoms with Crippen LogP contribution in [-0.4, -0.2) is 90.6 Å². The maximum absolute atomic E-state index is 13.6. The average molecular weight is 782 g/mol. The normalized spacial score (nSPS) is 18.1. The van der Waals surface area contributed by atoms with Crippen LogP contribution in [0, 0.1) is 11.8 Å². The van der Waals surface area contributed by atoms with Crippen molar-refractivity contribution in [1.82, 2.24) is 45.4 Å². The number of hydrogen-bond acceptors (Lipinski definition) is 9. The van der Waals surface area contributed by atoms with E-state index in [-0.39, 0.29) is 41.4 Å². The molecule has 5 atom stereocenters. The number of carbonyl (C=O) groups is 4. The lowest BCUT2D eigenvalue weighted by atomic mass is 9.99. The Labute approximate surface area is 327 Å². The van der Waals surface area contributed by atoms with Crippen molar-refractivity contribution >= 4 is 43.9 Å². The Balaban J connectivity index is 1.08. The second-order valence-electron chi connectivity index (χ2n) is 15.1. The molecule has 2 aliphatic rings. The number of nitrogens with zero attached hydrogens (tertiary/aromatic N) is 5. The summed E-state index contributed by atoms with van der Waals surface area (Å²) in [6.45, 7) is 8.80. The first-order valence-electron chi connectivity index (χ1n) is 19.0. The van der Waals surface area contributed by atoms with Gasteiger partial charge in [0.25, 0.3) is 0 Å². The molecule has 0 saturated carbocycles. The number of fused-ring (bicyclic) bond motifs is 1. The van der Waals surface area contributed by atoms with Crippen LogP contribution in [0.3, 0.4) is 0 Å². The molecular weight excluding hydrogens is 733 g/mol. The minimum absolute atomic E-state index is 0.0663. The maximum Gasteiger partial charge on any atom is 0.407 e. The number of alkyl carbamates (subject to hydrolysis) is 1. The highest BCUT2D eigenvalue weighted by Gasteiger charge is 2.39. The topological polar surface area (TPSA) is 191 Å². The monoisotopic (exact) mass is 781 g/mol. The highest BCUT2D eigenvalue weighted by molar-refractivity contribution is 7.39. The average Bonchev–Trinajstić information content (AvgIpc) is 4.03. The highest BCUT2D eigenvalue weighted by Crippen LogP contribution is 2.38. The lowest BCUT2D eigenvalue weighted by Gasteiger charge is -2.30. The molecule has 1 unspecified atom stereocenters. The van der Waals surface area contributed by atoms with Gasteiger partial charge in [-0.25, -0.2) is 19.7 Å². The zero-order valence-corrected chi connectivity index (χ0v) is 33.3. The van der Waals surface area contributed by atoms with Crippen molar-refractivity contribution in [2.24, 2.45) is 11.8 Å². The van der Waals surface area contributed by atoms with Gasteiger partial charge < -0.3 is 39.6 Å². The molecule has 7 rings (SSSR count). The van der Waals surface area contributed by atoms with Gasteiger partial charge in [-0.15, -0.1) is 0 Å². The number of ether oxygens (including phenoxy) is 1. The third-order valence-corrected chi connectivity index (χ3v) is 11.0. The molecular formula is C40H48N9O6P. The first kappa shape index (κ1) is 38.7. The Kier molecular flexibility index (Phi) is 11.2. The third kappa shape index (κ3) is 7.64. The summed E-state index contributed by atoms with van der Waals surface area (Å²) in [6, 6.07) is 10.3. The summed E-state index contributed by atoms with van der Waals surface area (Å²) in [6.07, 6.45) is 7.55. The predicted molar refractivity (Wildman–Crippen MR) is 213 cm³/mol. The number of methoxy groups -OCH3 is 1. The lowest BCUT2D eigenvalue weighted by molar-refractivity contribution is -0.136. The Morgan fingerprint density at radius 2 is 1.30 bits per heavy atom. The van der Waals surface area contributed by atoms with Crippen LogP contribution < -0.4 is 10.6 Å². The molecule has 4 N–H and O–H groups in total. The van der Waals surface area contributed by atoms with E-state index in [1.165, 1.54) is 13.5 Å². The molecule has 5 aromatic rings. The number of rotatable bonds is 11. The van der Waals surface area contributed by atoms with E-state index in [1.54, 1.807) is 17.3 Å². The van der Waals surface area contributed by atoms with Crippen LogP contribution in [0.4, 0.5) is 9.59 Å². The molecule has 16 heteroatoms. The van der Waals surface area contributed by atoms with Gasteiger partial charge in [0, 0.05) is 24.2 Å². The molecule has 56 heavy (non-hydrogen) atoms. The lowest BCUT2D eigenvalue weighted by Crippen LogP contribution is -2.51.